The zero-order valence-electron chi connectivity index (χ0n) is 22.7. The summed E-state index contributed by atoms with van der Waals surface area (Å²) in [5.74, 6) is -5.72. The maximum absolute atomic E-state index is 16.4. The van der Waals surface area contributed by atoms with Crippen LogP contribution in [0.25, 0.3) is 22.4 Å². The molecule has 10 nitrogen and oxygen atoms in total. The summed E-state index contributed by atoms with van der Waals surface area (Å²) in [7, 11) is -2.02. The SMILES string of the molecule is CCn1cc(-c2ccnc(N)c2)c(-c2c(F)ccc(N(COC(=O)CN(C)C)S(=O)(=O)c3cc(F)ccc3F)c2F)n1. The van der Waals surface area contributed by atoms with Crippen LogP contribution in [0.2, 0.25) is 0 Å². The number of carbonyl (C=O) groups excluding carboxylic acids is 1. The molecular weight excluding hydrogens is 580 g/mol. The first-order chi connectivity index (χ1) is 19.8. The van der Waals surface area contributed by atoms with Gasteiger partial charge in [-0.2, -0.15) is 5.10 Å². The highest BCUT2D eigenvalue weighted by molar-refractivity contribution is 7.92. The third-order valence-electron chi connectivity index (χ3n) is 6.00. The Morgan fingerprint density at radius 1 is 1.05 bits per heavy atom. The Balaban J connectivity index is 1.92. The summed E-state index contributed by atoms with van der Waals surface area (Å²) in [5, 5.41) is 4.29. The lowest BCUT2D eigenvalue weighted by atomic mass is 10.0. The van der Waals surface area contributed by atoms with Crippen molar-refractivity contribution in [1.82, 2.24) is 19.7 Å². The number of sulfonamides is 1. The zero-order chi connectivity index (χ0) is 30.8. The van der Waals surface area contributed by atoms with Gasteiger partial charge in [0.05, 0.1) is 17.8 Å². The van der Waals surface area contributed by atoms with Gasteiger partial charge in [-0.15, -0.1) is 0 Å². The van der Waals surface area contributed by atoms with Crippen molar-refractivity contribution < 1.29 is 35.5 Å². The number of likely N-dealkylation sites (N-methyl/N-ethyl adjacent to an activating group) is 1. The third-order valence-corrected chi connectivity index (χ3v) is 7.75. The molecule has 2 aromatic heterocycles. The van der Waals surface area contributed by atoms with E-state index in [0.29, 0.717) is 30.3 Å². The van der Waals surface area contributed by atoms with Crippen LogP contribution in [0.1, 0.15) is 6.92 Å². The lowest BCUT2D eigenvalue weighted by Crippen LogP contribution is -2.37. The average molecular weight is 607 g/mol. The Hall–Kier alpha value is -4.50. The number of esters is 1. The van der Waals surface area contributed by atoms with E-state index in [-0.39, 0.29) is 27.9 Å². The molecule has 0 amide bonds. The van der Waals surface area contributed by atoms with Crippen molar-refractivity contribution in [3.05, 3.63) is 78.1 Å². The smallest absolute Gasteiger partial charge is 0.321 e. The minimum atomic E-state index is -5.12. The van der Waals surface area contributed by atoms with E-state index < -0.39 is 62.1 Å². The molecule has 0 saturated heterocycles. The summed E-state index contributed by atoms with van der Waals surface area (Å²) < 4.78 is 94.3. The van der Waals surface area contributed by atoms with Crippen LogP contribution < -0.4 is 10.0 Å². The maximum atomic E-state index is 16.4. The topological polar surface area (TPSA) is 124 Å². The van der Waals surface area contributed by atoms with Crippen LogP contribution >= 0.6 is 0 Å². The molecule has 222 valence electrons. The number of anilines is 2. The van der Waals surface area contributed by atoms with Crippen molar-refractivity contribution in [3.63, 3.8) is 0 Å². The van der Waals surface area contributed by atoms with Crippen LogP contribution in [0, 0.1) is 23.3 Å². The summed E-state index contributed by atoms with van der Waals surface area (Å²) >= 11 is 0. The van der Waals surface area contributed by atoms with Crippen molar-refractivity contribution >= 4 is 27.5 Å². The first-order valence-electron chi connectivity index (χ1n) is 12.4. The van der Waals surface area contributed by atoms with E-state index in [1.807, 2.05) is 0 Å². The minimum absolute atomic E-state index is 0.131. The monoisotopic (exact) mass is 606 g/mol. The maximum Gasteiger partial charge on any atom is 0.321 e. The number of benzene rings is 2. The number of carbonyl (C=O) groups is 1. The van der Waals surface area contributed by atoms with Gasteiger partial charge in [0.1, 0.15) is 33.9 Å². The number of nitrogen functional groups attached to an aromatic ring is 1. The molecule has 42 heavy (non-hydrogen) atoms. The Labute approximate surface area is 239 Å². The molecule has 0 spiro atoms. The Bertz CT molecular complexity index is 1750. The first kappa shape index (κ1) is 30.5. The highest BCUT2D eigenvalue weighted by Crippen LogP contribution is 2.39. The predicted molar refractivity (Wildman–Crippen MR) is 146 cm³/mol. The number of hydrogen-bond donors (Lipinski definition) is 1. The van der Waals surface area contributed by atoms with Crippen LogP contribution in [0.5, 0.6) is 0 Å². The van der Waals surface area contributed by atoms with Gasteiger partial charge in [0, 0.05) is 24.5 Å². The van der Waals surface area contributed by atoms with Crippen LogP contribution in [-0.4, -0.2) is 61.4 Å². The van der Waals surface area contributed by atoms with Crippen molar-refractivity contribution in [2.45, 2.75) is 18.4 Å². The summed E-state index contributed by atoms with van der Waals surface area (Å²) in [4.78, 5) is 16.5. The molecule has 0 bridgehead atoms. The van der Waals surface area contributed by atoms with E-state index in [1.54, 1.807) is 27.1 Å². The van der Waals surface area contributed by atoms with Gasteiger partial charge in [0.2, 0.25) is 0 Å². The number of aryl methyl sites for hydroxylation is 1. The Morgan fingerprint density at radius 3 is 2.43 bits per heavy atom. The molecule has 15 heteroatoms. The zero-order valence-corrected chi connectivity index (χ0v) is 23.5. The van der Waals surface area contributed by atoms with Gasteiger partial charge >= 0.3 is 5.97 Å². The number of nitrogens with two attached hydrogens (primary N) is 1. The molecule has 0 radical (unpaired) electrons. The fourth-order valence-electron chi connectivity index (χ4n) is 4.04. The number of hydrogen-bond acceptors (Lipinski definition) is 8. The van der Waals surface area contributed by atoms with Gasteiger partial charge in [0.25, 0.3) is 10.0 Å². The number of halogens is 4. The van der Waals surface area contributed by atoms with E-state index in [0.717, 1.165) is 12.1 Å². The van der Waals surface area contributed by atoms with Crippen LogP contribution in [0.4, 0.5) is 29.1 Å². The van der Waals surface area contributed by atoms with Crippen molar-refractivity contribution in [1.29, 1.82) is 0 Å². The molecule has 0 aliphatic heterocycles. The van der Waals surface area contributed by atoms with Gasteiger partial charge in [-0.1, -0.05) is 0 Å². The van der Waals surface area contributed by atoms with Crippen LogP contribution in [0.3, 0.4) is 0 Å². The van der Waals surface area contributed by atoms with Gasteiger partial charge in [-0.05, 0) is 69.0 Å². The third kappa shape index (κ3) is 6.21. The molecule has 0 aliphatic rings. The number of nitrogens with zero attached hydrogens (tertiary/aromatic N) is 5. The quantitative estimate of drug-likeness (QED) is 0.163. The summed E-state index contributed by atoms with van der Waals surface area (Å²) in [6.45, 7) is 0.655. The molecule has 2 N–H and O–H groups in total. The van der Waals surface area contributed by atoms with Crippen molar-refractivity contribution in [2.75, 3.05) is 37.4 Å². The molecule has 0 saturated carbocycles. The largest absolute Gasteiger partial charge is 0.442 e. The fraction of sp³-hybridized carbons (Fsp3) is 0.222. The molecule has 4 aromatic rings. The summed E-state index contributed by atoms with van der Waals surface area (Å²) in [6.07, 6.45) is 2.92. The summed E-state index contributed by atoms with van der Waals surface area (Å²) in [5.41, 5.74) is 4.75. The van der Waals surface area contributed by atoms with Crippen molar-refractivity contribution in [2.24, 2.45) is 0 Å². The average Bonchev–Trinajstić information content (AvgIpc) is 3.35. The first-order valence-corrected chi connectivity index (χ1v) is 13.8. The molecular formula is C27H26F4N6O4S. The predicted octanol–water partition coefficient (Wildman–Crippen LogP) is 4.03. The number of aromatic nitrogens is 3. The highest BCUT2D eigenvalue weighted by Gasteiger charge is 2.34. The Kier molecular flexibility index (Phi) is 8.82. The number of ether oxygens (including phenoxy) is 1. The standard InChI is InChI=1S/C27H26F4N6O4S/c1-4-36-13-18(16-9-10-33-23(32)11-16)27(34-36)25-20(30)7-8-21(26(25)31)37(15-41-24(38)14-35(2)3)42(39,40)22-12-17(28)5-6-19(22)29/h5-13H,4,14-15H2,1-3H3,(H2,32,33). The van der Waals surface area contributed by atoms with Crippen LogP contribution in [0.15, 0.2) is 59.8 Å². The van der Waals surface area contributed by atoms with Gasteiger partial charge in [0.15, 0.2) is 12.5 Å². The molecule has 0 unspecified atom stereocenters. The minimum Gasteiger partial charge on any atom is -0.442 e. The second-order valence-electron chi connectivity index (χ2n) is 9.28. The fourth-order valence-corrected chi connectivity index (χ4v) is 5.45. The van der Waals surface area contributed by atoms with Gasteiger partial charge < -0.3 is 10.5 Å². The lowest BCUT2D eigenvalue weighted by Gasteiger charge is -2.25. The molecule has 0 aliphatic carbocycles. The molecule has 0 atom stereocenters. The van der Waals surface area contributed by atoms with E-state index in [2.05, 4.69) is 10.1 Å². The normalized spacial score (nSPS) is 11.6. The second-order valence-corrected chi connectivity index (χ2v) is 11.1. The van der Waals surface area contributed by atoms with Gasteiger partial charge in [-0.25, -0.2) is 35.3 Å². The second kappa shape index (κ2) is 12.2. The molecule has 0 fully saturated rings. The Morgan fingerprint density at radius 2 is 1.76 bits per heavy atom. The van der Waals surface area contributed by atoms with Crippen molar-refractivity contribution in [3.8, 4) is 22.4 Å². The van der Waals surface area contributed by atoms with E-state index in [1.165, 1.54) is 28.0 Å². The van der Waals surface area contributed by atoms with Crippen LogP contribution in [-0.2, 0) is 26.1 Å². The number of rotatable bonds is 10. The van der Waals surface area contributed by atoms with E-state index >= 15 is 8.78 Å². The summed E-state index contributed by atoms with van der Waals surface area (Å²) in [6, 6.07) is 6.26. The highest BCUT2D eigenvalue weighted by atomic mass is 32.2. The number of pyridine rings is 1. The molecule has 4 rings (SSSR count). The van der Waals surface area contributed by atoms with Gasteiger partial charge in [-0.3, -0.25) is 14.4 Å². The van der Waals surface area contributed by atoms with E-state index in [9.17, 15) is 22.0 Å². The molecule has 2 aromatic carbocycles. The lowest BCUT2D eigenvalue weighted by molar-refractivity contribution is -0.143. The van der Waals surface area contributed by atoms with E-state index in [4.69, 9.17) is 10.5 Å². The molecule has 2 heterocycles.